The molecule has 8 rings (SSSR count). The van der Waals surface area contributed by atoms with Gasteiger partial charge in [-0.2, -0.15) is 0 Å². The fourth-order valence-electron chi connectivity index (χ4n) is 8.98. The zero-order valence-electron chi connectivity index (χ0n) is 25.6. The van der Waals surface area contributed by atoms with Gasteiger partial charge in [0.25, 0.3) is 11.8 Å². The molecule has 0 spiro atoms. The third-order valence-electron chi connectivity index (χ3n) is 10.6. The molecule has 4 saturated carbocycles. The van der Waals surface area contributed by atoms with Crippen LogP contribution in [0.5, 0.6) is 0 Å². The number of hydrogen-bond acceptors (Lipinski definition) is 5. The number of imide groups is 2. The highest BCUT2D eigenvalue weighted by molar-refractivity contribution is 6.39. The summed E-state index contributed by atoms with van der Waals surface area (Å²) in [7, 11) is 1.35. The van der Waals surface area contributed by atoms with Crippen LogP contribution < -0.4 is 10.2 Å². The van der Waals surface area contributed by atoms with Gasteiger partial charge in [0.2, 0.25) is 0 Å². The minimum Gasteiger partial charge on any atom is -0.465 e. The Kier molecular flexibility index (Phi) is 6.64. The average molecular weight is 592 g/mol. The van der Waals surface area contributed by atoms with Crippen molar-refractivity contribution in [3.63, 3.8) is 0 Å². The van der Waals surface area contributed by atoms with E-state index in [0.29, 0.717) is 16.8 Å². The number of nitrogens with one attached hydrogen (secondary N) is 1. The van der Waals surface area contributed by atoms with Crippen LogP contribution >= 0.6 is 0 Å². The zero-order chi connectivity index (χ0) is 30.9. The van der Waals surface area contributed by atoms with Crippen molar-refractivity contribution in [1.82, 2.24) is 9.88 Å². The van der Waals surface area contributed by atoms with E-state index >= 15 is 0 Å². The first-order valence-electron chi connectivity index (χ1n) is 15.5. The summed E-state index contributed by atoms with van der Waals surface area (Å²) in [5, 5.41) is 2.36. The number of methoxy groups -OCH3 is 1. The van der Waals surface area contributed by atoms with Gasteiger partial charge in [-0.05, 0) is 136 Å². The summed E-state index contributed by atoms with van der Waals surface area (Å²) in [5.41, 5.74) is 6.15. The van der Waals surface area contributed by atoms with Gasteiger partial charge in [0, 0.05) is 17.1 Å². The van der Waals surface area contributed by atoms with Crippen LogP contribution in [0.3, 0.4) is 0 Å². The normalized spacial score (nSPS) is 26.8. The fraction of sp³-hybridized carbons (Fsp3) is 0.389. The lowest BCUT2D eigenvalue weighted by molar-refractivity contribution is -0.122. The van der Waals surface area contributed by atoms with Crippen molar-refractivity contribution >= 4 is 35.6 Å². The lowest BCUT2D eigenvalue weighted by atomic mass is 9.48. The number of esters is 1. The van der Waals surface area contributed by atoms with Gasteiger partial charge in [0.05, 0.1) is 18.4 Å². The summed E-state index contributed by atoms with van der Waals surface area (Å²) in [5.74, 6) is 0.643. The molecule has 3 aromatic rings. The van der Waals surface area contributed by atoms with Crippen LogP contribution in [0.4, 0.5) is 10.5 Å². The van der Waals surface area contributed by atoms with E-state index in [1.54, 1.807) is 18.2 Å². The number of amides is 4. The first kappa shape index (κ1) is 28.3. The molecular formula is C36H37N3O5. The molecule has 8 nitrogen and oxygen atoms in total. The maximum absolute atomic E-state index is 13.8. The Hall–Kier alpha value is -4.46. The molecule has 226 valence electrons. The zero-order valence-corrected chi connectivity index (χ0v) is 25.6. The molecule has 4 amide bonds. The number of carbonyl (C=O) groups excluding carboxylic acids is 4. The monoisotopic (exact) mass is 591 g/mol. The van der Waals surface area contributed by atoms with Crippen LogP contribution in [-0.2, 0) is 19.7 Å². The maximum Gasteiger partial charge on any atom is 0.338 e. The Bertz CT molecular complexity index is 1730. The van der Waals surface area contributed by atoms with Gasteiger partial charge in [0.15, 0.2) is 0 Å². The van der Waals surface area contributed by atoms with E-state index in [1.807, 2.05) is 49.6 Å². The van der Waals surface area contributed by atoms with Gasteiger partial charge < -0.3 is 9.30 Å². The molecule has 1 aliphatic heterocycles. The molecule has 1 N–H and O–H groups in total. The molecule has 8 heteroatoms. The molecule has 2 aromatic carbocycles. The van der Waals surface area contributed by atoms with Crippen molar-refractivity contribution in [2.45, 2.75) is 64.7 Å². The Morgan fingerprint density at radius 1 is 0.932 bits per heavy atom. The Balaban J connectivity index is 1.19. The largest absolute Gasteiger partial charge is 0.465 e. The predicted octanol–water partition coefficient (Wildman–Crippen LogP) is 6.32. The van der Waals surface area contributed by atoms with Crippen LogP contribution in [0.15, 0.2) is 54.1 Å². The molecule has 5 fully saturated rings. The van der Waals surface area contributed by atoms with Gasteiger partial charge in [-0.25, -0.2) is 14.5 Å². The number of barbiturate groups is 1. The highest BCUT2D eigenvalue weighted by atomic mass is 16.5. The van der Waals surface area contributed by atoms with Crippen molar-refractivity contribution in [2.24, 2.45) is 17.8 Å². The van der Waals surface area contributed by atoms with Gasteiger partial charge in [-0.15, -0.1) is 0 Å². The molecule has 4 bridgehead atoms. The molecule has 4 aliphatic carbocycles. The van der Waals surface area contributed by atoms with Crippen molar-refractivity contribution in [1.29, 1.82) is 0 Å². The molecule has 1 aromatic heterocycles. The standard InChI is InChI=1S/C36H37N3O5/c1-20-12-26(22(3)38(20)31-7-5-6-29(21(31)2)34(42)44-4)16-30-32(40)37-35(43)39(33(30)41)28-10-8-27(9-11-28)36-17-23-13-24(18-36)15-25(14-23)19-36/h5-12,16,23-25H,13-15,17-19H2,1-4H3,(H,37,40,43)/b30-16+. The predicted molar refractivity (Wildman–Crippen MR) is 167 cm³/mol. The van der Waals surface area contributed by atoms with Crippen LogP contribution in [0.1, 0.15) is 77.0 Å². The lowest BCUT2D eigenvalue weighted by Crippen LogP contribution is -2.54. The molecule has 0 atom stereocenters. The van der Waals surface area contributed by atoms with E-state index in [-0.39, 0.29) is 11.0 Å². The van der Waals surface area contributed by atoms with E-state index in [1.165, 1.54) is 51.2 Å². The minimum atomic E-state index is -0.750. The van der Waals surface area contributed by atoms with Crippen LogP contribution in [0.25, 0.3) is 11.8 Å². The van der Waals surface area contributed by atoms with E-state index in [9.17, 15) is 19.2 Å². The van der Waals surface area contributed by atoms with E-state index in [4.69, 9.17) is 4.74 Å². The molecule has 44 heavy (non-hydrogen) atoms. The molecule has 0 unspecified atom stereocenters. The van der Waals surface area contributed by atoms with Gasteiger partial charge >= 0.3 is 12.0 Å². The second-order valence-electron chi connectivity index (χ2n) is 13.3. The maximum atomic E-state index is 13.8. The lowest BCUT2D eigenvalue weighted by Gasteiger charge is -2.57. The highest BCUT2D eigenvalue weighted by Crippen LogP contribution is 2.60. The van der Waals surface area contributed by atoms with E-state index < -0.39 is 23.8 Å². The van der Waals surface area contributed by atoms with Gasteiger partial charge in [0.1, 0.15) is 5.57 Å². The molecule has 1 saturated heterocycles. The van der Waals surface area contributed by atoms with Crippen LogP contribution in [0, 0.1) is 38.5 Å². The summed E-state index contributed by atoms with van der Waals surface area (Å²) >= 11 is 0. The topological polar surface area (TPSA) is 97.7 Å². The summed E-state index contributed by atoms with van der Waals surface area (Å²) in [6, 6.07) is 14.4. The summed E-state index contributed by atoms with van der Waals surface area (Å²) in [6.07, 6.45) is 9.33. The van der Waals surface area contributed by atoms with Crippen molar-refractivity contribution in [2.75, 3.05) is 12.0 Å². The van der Waals surface area contributed by atoms with Crippen LogP contribution in [-0.4, -0.2) is 35.5 Å². The number of carbonyl (C=O) groups is 4. The SMILES string of the molecule is COC(=O)c1cccc(-n2c(C)cc(/C=C3\C(=O)NC(=O)N(c4ccc(C56CC7CC(CC(C7)C5)C6)cc4)C3=O)c2C)c1C. The third kappa shape index (κ3) is 4.42. The Morgan fingerprint density at radius 3 is 2.18 bits per heavy atom. The summed E-state index contributed by atoms with van der Waals surface area (Å²) < 4.78 is 6.92. The highest BCUT2D eigenvalue weighted by Gasteiger charge is 2.51. The number of benzene rings is 2. The molecule has 2 heterocycles. The van der Waals surface area contributed by atoms with Gasteiger partial charge in [-0.3, -0.25) is 14.9 Å². The third-order valence-corrected chi connectivity index (χ3v) is 10.6. The first-order valence-corrected chi connectivity index (χ1v) is 15.5. The molecule has 5 aliphatic rings. The number of anilines is 1. The van der Waals surface area contributed by atoms with Crippen LogP contribution in [0.2, 0.25) is 0 Å². The van der Waals surface area contributed by atoms with Crippen molar-refractivity contribution in [3.05, 3.63) is 87.7 Å². The average Bonchev–Trinajstić information content (AvgIpc) is 3.26. The second kappa shape index (κ2) is 10.3. The number of hydrogen-bond donors (Lipinski definition) is 1. The number of rotatable bonds is 5. The Morgan fingerprint density at radius 2 is 1.57 bits per heavy atom. The number of aryl methyl sites for hydroxylation is 1. The summed E-state index contributed by atoms with van der Waals surface area (Å²) in [4.78, 5) is 53.1. The Labute approximate surface area is 257 Å². The summed E-state index contributed by atoms with van der Waals surface area (Å²) in [6.45, 7) is 5.67. The van der Waals surface area contributed by atoms with E-state index in [2.05, 4.69) is 17.4 Å². The smallest absolute Gasteiger partial charge is 0.338 e. The molecular weight excluding hydrogens is 554 g/mol. The second-order valence-corrected chi connectivity index (χ2v) is 13.3. The number of aromatic nitrogens is 1. The number of nitrogens with zero attached hydrogens (tertiary/aromatic N) is 2. The van der Waals surface area contributed by atoms with Crippen molar-refractivity contribution < 1.29 is 23.9 Å². The quantitative estimate of drug-likeness (QED) is 0.213. The van der Waals surface area contributed by atoms with E-state index in [0.717, 1.165) is 45.3 Å². The first-order chi connectivity index (χ1) is 21.1. The number of ether oxygens (including phenoxy) is 1. The number of urea groups is 1. The van der Waals surface area contributed by atoms with Crippen molar-refractivity contribution in [3.8, 4) is 5.69 Å². The minimum absolute atomic E-state index is 0.116. The fourth-order valence-corrected chi connectivity index (χ4v) is 8.98. The molecule has 0 radical (unpaired) electrons. The van der Waals surface area contributed by atoms with Gasteiger partial charge in [-0.1, -0.05) is 18.2 Å².